The molecule has 0 fully saturated rings. The smallest absolute Gasteiger partial charge is 0.462 e. The van der Waals surface area contributed by atoms with Gasteiger partial charge in [-0.2, -0.15) is 0 Å². The van der Waals surface area contributed by atoms with E-state index in [9.17, 15) is 43.2 Å². The van der Waals surface area contributed by atoms with Crippen LogP contribution in [0.4, 0.5) is 0 Å². The third-order valence-corrected chi connectivity index (χ3v) is 19.3. The Bertz CT molecular complexity index is 1950. The third kappa shape index (κ3) is 68.5. The Hall–Kier alpha value is -2.46. The highest BCUT2D eigenvalue weighted by Gasteiger charge is 2.30. The highest BCUT2D eigenvalue weighted by Crippen LogP contribution is 2.45. The van der Waals surface area contributed by atoms with E-state index in [0.29, 0.717) is 31.6 Å². The summed E-state index contributed by atoms with van der Waals surface area (Å²) in [5, 5.41) is 10.6. The van der Waals surface area contributed by atoms with E-state index in [0.717, 1.165) is 121 Å². The van der Waals surface area contributed by atoms with Gasteiger partial charge in [0.1, 0.15) is 19.3 Å². The molecule has 0 aromatic heterocycles. The monoisotopic (exact) mass is 1390 g/mol. The fraction of sp³-hybridized carbons (Fsp3) is 0.895. The standard InChI is InChI=1S/C76H144O17P2/c1-8-10-11-12-13-14-15-16-17-20-24-30-37-45-52-59-75(80)92-71(63-86-73(78)57-50-43-36-29-23-21-18-19-22-27-33-40-47-54-67(3)4)65-90-94(82,83)88-61-70(77)62-89-95(84,85)91-66-72(64-87-74(79)58-51-44-39-32-34-41-48-55-68(5)6)93-76(81)60-53-46-38-31-26-25-28-35-42-49-56-69(7)9-2/h14-17,67-72,77H,8-13,18-66H2,1-7H3,(H,82,83)(H,84,85)/b15-14-,17-16-/t69?,70?,71-,72-/m1/s1. The van der Waals surface area contributed by atoms with Crippen LogP contribution in [0.5, 0.6) is 0 Å². The summed E-state index contributed by atoms with van der Waals surface area (Å²) in [5.74, 6) is 0.144. The molecule has 0 aromatic rings. The van der Waals surface area contributed by atoms with Gasteiger partial charge in [-0.25, -0.2) is 9.13 Å². The Balaban J connectivity index is 5.29. The Kier molecular flexibility index (Phi) is 64.4. The van der Waals surface area contributed by atoms with Crippen LogP contribution >= 0.6 is 15.6 Å². The van der Waals surface area contributed by atoms with Crippen LogP contribution in [0.2, 0.25) is 0 Å². The van der Waals surface area contributed by atoms with Gasteiger partial charge in [-0.3, -0.25) is 37.3 Å². The number of carbonyl (C=O) groups excluding carboxylic acids is 4. The predicted octanol–water partition coefficient (Wildman–Crippen LogP) is 21.7. The maximum absolute atomic E-state index is 13.1. The molecular formula is C76H144O17P2. The number of unbranched alkanes of at least 4 members (excludes halogenated alkanes) is 36. The highest BCUT2D eigenvalue weighted by molar-refractivity contribution is 7.47. The molecule has 0 aromatic carbocycles. The van der Waals surface area contributed by atoms with Crippen LogP contribution in [0.1, 0.15) is 363 Å². The van der Waals surface area contributed by atoms with Crippen molar-refractivity contribution in [2.75, 3.05) is 39.6 Å². The molecule has 0 rings (SSSR count). The van der Waals surface area contributed by atoms with Gasteiger partial charge in [0.15, 0.2) is 12.2 Å². The van der Waals surface area contributed by atoms with Crippen LogP contribution in [-0.4, -0.2) is 96.7 Å². The lowest BCUT2D eigenvalue weighted by atomic mass is 9.99. The predicted molar refractivity (Wildman–Crippen MR) is 386 cm³/mol. The first-order valence-corrected chi connectivity index (χ1v) is 41.7. The first-order chi connectivity index (χ1) is 45.8. The molecule has 17 nitrogen and oxygen atoms in total. The summed E-state index contributed by atoms with van der Waals surface area (Å²) in [6, 6.07) is 0. The van der Waals surface area contributed by atoms with E-state index < -0.39 is 97.5 Å². The number of aliphatic hydroxyl groups is 1. The van der Waals surface area contributed by atoms with E-state index in [1.807, 2.05) is 0 Å². The summed E-state index contributed by atoms with van der Waals surface area (Å²) >= 11 is 0. The number of allylic oxidation sites excluding steroid dienone is 4. The number of carbonyl (C=O) groups is 4. The van der Waals surface area contributed by atoms with E-state index in [1.165, 1.54) is 154 Å². The Morgan fingerprint density at radius 3 is 0.937 bits per heavy atom. The number of hydrogen-bond donors (Lipinski definition) is 3. The highest BCUT2D eigenvalue weighted by atomic mass is 31.2. The van der Waals surface area contributed by atoms with E-state index in [4.69, 9.17) is 37.0 Å². The molecule has 0 aliphatic carbocycles. The molecule has 0 aliphatic heterocycles. The van der Waals surface area contributed by atoms with E-state index >= 15 is 0 Å². The number of esters is 4. The van der Waals surface area contributed by atoms with Crippen molar-refractivity contribution in [1.82, 2.24) is 0 Å². The largest absolute Gasteiger partial charge is 0.472 e. The number of phosphoric acid groups is 2. The molecule has 0 amide bonds. The van der Waals surface area contributed by atoms with Crippen molar-refractivity contribution in [2.45, 2.75) is 381 Å². The average Bonchev–Trinajstić information content (AvgIpc) is 1.39. The zero-order valence-electron chi connectivity index (χ0n) is 61.6. The van der Waals surface area contributed by atoms with E-state index in [1.54, 1.807) is 0 Å². The van der Waals surface area contributed by atoms with Crippen LogP contribution < -0.4 is 0 Å². The molecule has 0 saturated carbocycles. The molecule has 0 heterocycles. The first kappa shape index (κ1) is 92.5. The van der Waals surface area contributed by atoms with Crippen molar-refractivity contribution in [3.63, 3.8) is 0 Å². The Morgan fingerprint density at radius 1 is 0.347 bits per heavy atom. The molecule has 0 spiro atoms. The minimum Gasteiger partial charge on any atom is -0.462 e. The fourth-order valence-electron chi connectivity index (χ4n) is 11.0. The van der Waals surface area contributed by atoms with Crippen molar-refractivity contribution >= 4 is 39.5 Å². The Labute approximate surface area is 580 Å². The van der Waals surface area contributed by atoms with Gasteiger partial charge < -0.3 is 33.8 Å². The van der Waals surface area contributed by atoms with Gasteiger partial charge in [0.2, 0.25) is 0 Å². The van der Waals surface area contributed by atoms with Crippen molar-refractivity contribution in [3.05, 3.63) is 24.3 Å². The van der Waals surface area contributed by atoms with Gasteiger partial charge in [-0.1, -0.05) is 310 Å². The second kappa shape index (κ2) is 66.1. The maximum Gasteiger partial charge on any atom is 0.472 e. The van der Waals surface area contributed by atoms with E-state index in [-0.39, 0.29) is 25.7 Å². The topological polar surface area (TPSA) is 237 Å². The lowest BCUT2D eigenvalue weighted by molar-refractivity contribution is -0.161. The van der Waals surface area contributed by atoms with Crippen LogP contribution in [-0.2, 0) is 65.4 Å². The van der Waals surface area contributed by atoms with Crippen LogP contribution in [0, 0.1) is 17.8 Å². The number of phosphoric ester groups is 2. The summed E-state index contributed by atoms with van der Waals surface area (Å²) in [6.07, 6.45) is 54.9. The number of aliphatic hydroxyl groups excluding tert-OH is 1. The molecule has 0 radical (unpaired) electrons. The van der Waals surface area contributed by atoms with E-state index in [2.05, 4.69) is 72.8 Å². The molecule has 4 unspecified atom stereocenters. The number of ether oxygens (including phenoxy) is 4. The van der Waals surface area contributed by atoms with Gasteiger partial charge in [0.25, 0.3) is 0 Å². The third-order valence-electron chi connectivity index (χ3n) is 17.4. The zero-order valence-corrected chi connectivity index (χ0v) is 63.4. The van der Waals surface area contributed by atoms with Crippen molar-refractivity contribution < 1.29 is 80.2 Å². The molecular weight excluding hydrogens is 1250 g/mol. The molecule has 0 bridgehead atoms. The van der Waals surface area contributed by atoms with Crippen LogP contribution in [0.15, 0.2) is 24.3 Å². The number of hydrogen-bond acceptors (Lipinski definition) is 15. The SMILES string of the molecule is CCCCCC/C=C\C=C/CCCCCCCC(=O)O[C@H](COC(=O)CCCCCCCCCCCCCCCC(C)C)COP(=O)(O)OCC(O)COP(=O)(O)OC[C@@H](COC(=O)CCCCCCCCCC(C)C)OC(=O)CCCCCCCCCCCCC(C)CC. The molecule has 95 heavy (non-hydrogen) atoms. The number of rotatable bonds is 72. The summed E-state index contributed by atoms with van der Waals surface area (Å²) in [5.41, 5.74) is 0. The lowest BCUT2D eigenvalue weighted by Gasteiger charge is -2.21. The maximum atomic E-state index is 13.1. The van der Waals surface area contributed by atoms with Crippen molar-refractivity contribution in [3.8, 4) is 0 Å². The minimum atomic E-state index is -4.97. The molecule has 6 atom stereocenters. The second-order valence-corrected chi connectivity index (χ2v) is 30.8. The molecule has 0 saturated heterocycles. The lowest BCUT2D eigenvalue weighted by Crippen LogP contribution is -2.30. The minimum absolute atomic E-state index is 0.0848. The Morgan fingerprint density at radius 2 is 0.621 bits per heavy atom. The average molecular weight is 1390 g/mol. The summed E-state index contributed by atoms with van der Waals surface area (Å²) in [4.78, 5) is 72.8. The van der Waals surface area contributed by atoms with Crippen molar-refractivity contribution in [1.29, 1.82) is 0 Å². The second-order valence-electron chi connectivity index (χ2n) is 27.9. The first-order valence-electron chi connectivity index (χ1n) is 38.7. The van der Waals surface area contributed by atoms with Gasteiger partial charge in [0, 0.05) is 25.7 Å². The van der Waals surface area contributed by atoms with Crippen LogP contribution in [0.3, 0.4) is 0 Å². The summed E-state index contributed by atoms with van der Waals surface area (Å²) < 4.78 is 68.5. The normalized spacial score (nSPS) is 14.5. The molecule has 560 valence electrons. The summed E-state index contributed by atoms with van der Waals surface area (Å²) in [7, 11) is -9.93. The van der Waals surface area contributed by atoms with Gasteiger partial charge >= 0.3 is 39.5 Å². The summed E-state index contributed by atoms with van der Waals surface area (Å²) in [6.45, 7) is 11.8. The van der Waals surface area contributed by atoms with Gasteiger partial charge in [-0.05, 0) is 69.1 Å². The quantitative estimate of drug-likeness (QED) is 0.0169. The fourth-order valence-corrected chi connectivity index (χ4v) is 12.6. The van der Waals surface area contributed by atoms with Gasteiger partial charge in [0.05, 0.1) is 26.4 Å². The van der Waals surface area contributed by atoms with Crippen molar-refractivity contribution in [2.24, 2.45) is 17.8 Å². The molecule has 3 N–H and O–H groups in total. The molecule has 19 heteroatoms. The van der Waals surface area contributed by atoms with Gasteiger partial charge in [-0.15, -0.1) is 0 Å². The van der Waals surface area contributed by atoms with Crippen LogP contribution in [0.25, 0.3) is 0 Å². The zero-order chi connectivity index (χ0) is 70.1. The molecule has 0 aliphatic rings.